The number of hydrazine groups is 1. The summed E-state index contributed by atoms with van der Waals surface area (Å²) in [6, 6.07) is 0. The number of nitrogens with zero attached hydrogens (tertiary/aromatic N) is 2. The van der Waals surface area contributed by atoms with Crippen LogP contribution in [0, 0.1) is 22.7 Å². The van der Waals surface area contributed by atoms with Crippen LogP contribution in [0.15, 0.2) is 11.9 Å². The van der Waals surface area contributed by atoms with Crippen molar-refractivity contribution >= 4 is 20.2 Å². The maximum Gasteiger partial charge on any atom is 0.207 e. The van der Waals surface area contributed by atoms with Crippen molar-refractivity contribution in [1.82, 2.24) is 10.3 Å². The molecule has 50 heavy (non-hydrogen) atoms. The predicted octanol–water partition coefficient (Wildman–Crippen LogP) is 6.04. The molecule has 0 saturated heterocycles. The van der Waals surface area contributed by atoms with Gasteiger partial charge in [-0.25, -0.2) is 5.84 Å². The van der Waals surface area contributed by atoms with Gasteiger partial charge in [0.25, 0.3) is 0 Å². The number of aliphatic hydroxyl groups excluding tert-OH is 2. The van der Waals surface area contributed by atoms with Crippen LogP contribution in [-0.2, 0) is 51.8 Å². The standard InChI is InChI=1S/C14H30N4O3.C9H19O.C8H17NO.C6H13BO.Y/c1-13(2,10-19)5-8-21-14(3,4)12(15)9-18(16)7-6-17-11-20;1-8(2)6-7-10-9(3,4)5;1-4-9-8(10)6-5-7(2)3;1-6(2,5-7)3-4-8;/h9,11,19H,5-8,10,15-16H2,1-4H3,(H,17,20);6-7H2,1-5H3;7H,4-6H2,1-3H3,(H,9,10);8H,3-5H2,1-2H3;/q;-1;;;/p-1/b12-9-;;;;. The molecule has 0 aliphatic heterocycles. The quantitative estimate of drug-likeness (QED) is 0.0232. The number of hydrogen-bond donors (Lipinski definition) is 5. The summed E-state index contributed by atoms with van der Waals surface area (Å²) in [6.45, 7) is 31.6. The Morgan fingerprint density at radius 2 is 1.56 bits per heavy atom. The maximum atomic E-state index is 10.8. The number of amides is 2. The van der Waals surface area contributed by atoms with Gasteiger partial charge >= 0.3 is 0 Å². The van der Waals surface area contributed by atoms with Crippen LogP contribution in [0.5, 0.6) is 0 Å². The fraction of sp³-hybridized carbons (Fsp3) is 0.865. The smallest absolute Gasteiger partial charge is 0.207 e. The van der Waals surface area contributed by atoms with E-state index < -0.39 is 5.60 Å². The van der Waals surface area contributed by atoms with Crippen LogP contribution >= 0.6 is 0 Å². The van der Waals surface area contributed by atoms with E-state index in [2.05, 4.69) is 59.1 Å². The molecule has 13 heteroatoms. The zero-order valence-corrected chi connectivity index (χ0v) is 37.5. The van der Waals surface area contributed by atoms with E-state index in [9.17, 15) is 14.7 Å². The molecule has 2 amide bonds. The van der Waals surface area contributed by atoms with Crippen LogP contribution in [0.4, 0.5) is 0 Å². The molecule has 0 atom stereocenters. The van der Waals surface area contributed by atoms with E-state index in [0.29, 0.717) is 57.0 Å². The number of carbonyl (C=O) groups is 2. The fourth-order valence-electron chi connectivity index (χ4n) is 3.03. The summed E-state index contributed by atoms with van der Waals surface area (Å²) in [7, 11) is 5.38. The van der Waals surface area contributed by atoms with Crippen LogP contribution < -0.4 is 16.9 Å². The van der Waals surface area contributed by atoms with E-state index in [1.54, 1.807) is 6.20 Å². The molecule has 11 nitrogen and oxygen atoms in total. The Bertz CT molecular complexity index is 838. The average molecular weight is 789 g/mol. The summed E-state index contributed by atoms with van der Waals surface area (Å²) >= 11 is 0. The summed E-state index contributed by atoms with van der Waals surface area (Å²) in [5.74, 6) is 7.86. The SMILES string of the molecule is CC(C)(CO)CCOC(C)(C)/C(N)=C/N(N)CCNC=O.CC[N-]C(=O)CCC(C)C.C[C-](C)CCOC(C)(C)C.[B]CC(C)(C)CCO.[Y]. The topological polar surface area (TPSA) is 174 Å². The van der Waals surface area contributed by atoms with Crippen LogP contribution in [0.2, 0.25) is 6.32 Å². The van der Waals surface area contributed by atoms with Crippen molar-refractivity contribution in [3.63, 3.8) is 0 Å². The first-order valence-corrected chi connectivity index (χ1v) is 17.7. The van der Waals surface area contributed by atoms with Gasteiger partial charge in [-0.1, -0.05) is 54.8 Å². The number of carbonyl (C=O) groups excluding carboxylic acids is 2. The van der Waals surface area contributed by atoms with Crippen molar-refractivity contribution in [2.75, 3.05) is 46.1 Å². The number of hydrogen-bond acceptors (Lipinski definition) is 9. The van der Waals surface area contributed by atoms with Crippen LogP contribution in [-0.4, -0.2) is 92.6 Å². The zero-order valence-electron chi connectivity index (χ0n) is 34.7. The third-order valence-electron chi connectivity index (χ3n) is 7.02. The van der Waals surface area contributed by atoms with Gasteiger partial charge in [0.1, 0.15) is 5.60 Å². The van der Waals surface area contributed by atoms with Gasteiger partial charge in [0.05, 0.1) is 31.6 Å². The first kappa shape index (κ1) is 58.6. The number of rotatable bonds is 21. The Morgan fingerprint density at radius 1 is 1.00 bits per heavy atom. The molecular formula is C37H78BN5O6Y-2. The summed E-state index contributed by atoms with van der Waals surface area (Å²) in [6.07, 6.45) is 7.05. The van der Waals surface area contributed by atoms with Crippen molar-refractivity contribution in [2.45, 2.75) is 147 Å². The molecule has 0 aliphatic rings. The van der Waals surface area contributed by atoms with Crippen molar-refractivity contribution in [3.05, 3.63) is 23.1 Å². The van der Waals surface area contributed by atoms with Gasteiger partial charge in [0, 0.05) is 71.9 Å². The second-order valence-electron chi connectivity index (χ2n) is 15.9. The number of ether oxygens (including phenoxy) is 2. The Kier molecular flexibility index (Phi) is 38.5. The molecule has 0 spiro atoms. The monoisotopic (exact) mass is 789 g/mol. The Labute approximate surface area is 334 Å². The molecule has 0 unspecified atom stereocenters. The van der Waals surface area contributed by atoms with Gasteiger partial charge in [0.15, 0.2) is 0 Å². The Balaban J connectivity index is -0.000000196. The minimum Gasteiger partial charge on any atom is -0.654 e. The molecule has 0 aromatic carbocycles. The zero-order chi connectivity index (χ0) is 39.3. The summed E-state index contributed by atoms with van der Waals surface area (Å²) in [4.78, 5) is 20.9. The van der Waals surface area contributed by atoms with Crippen molar-refractivity contribution in [1.29, 1.82) is 0 Å². The summed E-state index contributed by atoms with van der Waals surface area (Å²) in [5, 5.41) is 25.4. The normalized spacial score (nSPS) is 11.9. The van der Waals surface area contributed by atoms with Gasteiger partial charge in [-0.3, -0.25) is 4.79 Å². The molecule has 7 N–H and O–H groups in total. The van der Waals surface area contributed by atoms with E-state index in [1.807, 2.05) is 48.5 Å². The van der Waals surface area contributed by atoms with E-state index in [0.717, 1.165) is 32.3 Å². The van der Waals surface area contributed by atoms with Gasteiger partial charge in [-0.15, -0.1) is 6.54 Å². The van der Waals surface area contributed by atoms with Crippen molar-refractivity contribution < 1.29 is 62.0 Å². The van der Waals surface area contributed by atoms with Gasteiger partial charge in [-0.05, 0) is 77.0 Å². The fourth-order valence-corrected chi connectivity index (χ4v) is 3.03. The van der Waals surface area contributed by atoms with E-state index in [-0.39, 0.29) is 68.3 Å². The molecule has 0 heterocycles. The first-order chi connectivity index (χ1) is 22.3. The molecule has 0 bridgehead atoms. The Hall–Kier alpha value is -0.751. The molecule has 0 aromatic heterocycles. The van der Waals surface area contributed by atoms with Gasteiger partial charge in [-0.2, -0.15) is 20.3 Å². The van der Waals surface area contributed by atoms with Gasteiger partial charge in [0.2, 0.25) is 6.41 Å². The molecule has 0 rings (SSSR count). The maximum absolute atomic E-state index is 10.8. The second kappa shape index (κ2) is 32.9. The number of nitrogens with one attached hydrogen (secondary N) is 1. The molecule has 3 radical (unpaired) electrons. The number of aliphatic hydroxyl groups is 2. The first-order valence-electron chi connectivity index (χ1n) is 17.7. The molecule has 0 aliphatic carbocycles. The summed E-state index contributed by atoms with van der Waals surface area (Å²) < 4.78 is 11.3. The van der Waals surface area contributed by atoms with Crippen LogP contribution in [0.1, 0.15) is 129 Å². The van der Waals surface area contributed by atoms with Crippen molar-refractivity contribution in [2.24, 2.45) is 28.3 Å². The number of nitrogens with two attached hydrogens (primary N) is 2. The van der Waals surface area contributed by atoms with Crippen LogP contribution in [0.3, 0.4) is 0 Å². The largest absolute Gasteiger partial charge is 0.654 e. The predicted molar refractivity (Wildman–Crippen MR) is 207 cm³/mol. The molecule has 0 saturated carbocycles. The molecule has 295 valence electrons. The third-order valence-corrected chi connectivity index (χ3v) is 7.02. The average Bonchev–Trinajstić information content (AvgIpc) is 2.96. The Morgan fingerprint density at radius 3 is 1.94 bits per heavy atom. The minimum absolute atomic E-state index is 0. The van der Waals surface area contributed by atoms with E-state index in [4.69, 9.17) is 34.0 Å². The molecule has 0 fully saturated rings. The third kappa shape index (κ3) is 45.3. The molecular weight excluding hydrogens is 710 g/mol. The van der Waals surface area contributed by atoms with Gasteiger partial charge < -0.3 is 51.8 Å². The van der Waals surface area contributed by atoms with Crippen molar-refractivity contribution in [3.8, 4) is 0 Å². The summed E-state index contributed by atoms with van der Waals surface area (Å²) in [5.41, 5.74) is 5.83. The minimum atomic E-state index is -0.652. The van der Waals surface area contributed by atoms with E-state index in [1.165, 1.54) is 10.9 Å². The second-order valence-corrected chi connectivity index (χ2v) is 15.9. The van der Waals surface area contributed by atoms with Crippen LogP contribution in [0.25, 0.3) is 5.32 Å². The van der Waals surface area contributed by atoms with E-state index >= 15 is 0 Å². The molecule has 0 aromatic rings.